The Morgan fingerprint density at radius 3 is 2.67 bits per heavy atom. The SMILES string of the molecule is CCCc1cc2ccc(C(=O)OC)cc2cc1F. The maximum Gasteiger partial charge on any atom is 0.337 e. The number of esters is 1. The molecule has 18 heavy (non-hydrogen) atoms. The van der Waals surface area contributed by atoms with Crippen molar-refractivity contribution in [2.75, 3.05) is 7.11 Å². The van der Waals surface area contributed by atoms with Gasteiger partial charge in [0.15, 0.2) is 0 Å². The zero-order chi connectivity index (χ0) is 13.1. The van der Waals surface area contributed by atoms with Crippen LogP contribution in [-0.2, 0) is 11.2 Å². The van der Waals surface area contributed by atoms with E-state index in [1.54, 1.807) is 12.1 Å². The number of carbonyl (C=O) groups is 1. The van der Waals surface area contributed by atoms with Crippen molar-refractivity contribution in [3.05, 3.63) is 47.3 Å². The first-order valence-corrected chi connectivity index (χ1v) is 5.96. The lowest BCUT2D eigenvalue weighted by molar-refractivity contribution is 0.0601. The molecule has 0 saturated heterocycles. The molecule has 0 N–H and O–H groups in total. The van der Waals surface area contributed by atoms with Gasteiger partial charge in [-0.2, -0.15) is 0 Å². The minimum Gasteiger partial charge on any atom is -0.465 e. The van der Waals surface area contributed by atoms with E-state index < -0.39 is 5.97 Å². The first-order chi connectivity index (χ1) is 8.65. The molecule has 0 bridgehead atoms. The number of hydrogen-bond acceptors (Lipinski definition) is 2. The van der Waals surface area contributed by atoms with E-state index in [0.29, 0.717) is 5.56 Å². The first-order valence-electron chi connectivity index (χ1n) is 5.96. The first kappa shape index (κ1) is 12.6. The summed E-state index contributed by atoms with van der Waals surface area (Å²) in [6.45, 7) is 2.02. The minimum atomic E-state index is -0.407. The molecule has 0 fully saturated rings. The van der Waals surface area contributed by atoms with Crippen molar-refractivity contribution < 1.29 is 13.9 Å². The molecule has 2 rings (SSSR count). The fourth-order valence-electron chi connectivity index (χ4n) is 2.02. The van der Waals surface area contributed by atoms with E-state index in [2.05, 4.69) is 4.74 Å². The third kappa shape index (κ3) is 2.35. The summed E-state index contributed by atoms with van der Waals surface area (Å²) < 4.78 is 18.5. The highest BCUT2D eigenvalue weighted by molar-refractivity contribution is 5.95. The molecule has 0 radical (unpaired) electrons. The van der Waals surface area contributed by atoms with Gasteiger partial charge in [0.1, 0.15) is 5.82 Å². The zero-order valence-electron chi connectivity index (χ0n) is 10.5. The number of ether oxygens (including phenoxy) is 1. The number of hydrogen-bond donors (Lipinski definition) is 0. The minimum absolute atomic E-state index is 0.216. The Kier molecular flexibility index (Phi) is 3.60. The summed E-state index contributed by atoms with van der Waals surface area (Å²) in [7, 11) is 1.33. The predicted molar refractivity (Wildman–Crippen MR) is 69.2 cm³/mol. The van der Waals surface area contributed by atoms with E-state index >= 15 is 0 Å². The summed E-state index contributed by atoms with van der Waals surface area (Å²) in [6, 6.07) is 8.49. The summed E-state index contributed by atoms with van der Waals surface area (Å²) in [5.74, 6) is -0.624. The highest BCUT2D eigenvalue weighted by Gasteiger charge is 2.08. The maximum atomic E-state index is 13.8. The third-order valence-electron chi connectivity index (χ3n) is 2.95. The van der Waals surface area contributed by atoms with Gasteiger partial charge in [0.25, 0.3) is 0 Å². The Hall–Kier alpha value is -1.90. The van der Waals surface area contributed by atoms with Crippen LogP contribution in [0.5, 0.6) is 0 Å². The van der Waals surface area contributed by atoms with Crippen molar-refractivity contribution in [1.29, 1.82) is 0 Å². The van der Waals surface area contributed by atoms with Gasteiger partial charge in [0.2, 0.25) is 0 Å². The van der Waals surface area contributed by atoms with Gasteiger partial charge < -0.3 is 4.74 Å². The smallest absolute Gasteiger partial charge is 0.337 e. The molecule has 0 aromatic heterocycles. The third-order valence-corrected chi connectivity index (χ3v) is 2.95. The van der Waals surface area contributed by atoms with E-state index in [9.17, 15) is 9.18 Å². The molecule has 94 valence electrons. The molecule has 0 saturated carbocycles. The normalized spacial score (nSPS) is 10.6. The van der Waals surface area contributed by atoms with Gasteiger partial charge in [-0.25, -0.2) is 9.18 Å². The molecule has 0 spiro atoms. The standard InChI is InChI=1S/C15H15FO2/c1-3-4-11-7-10-5-6-12(15(17)18-2)8-13(10)9-14(11)16/h5-9H,3-4H2,1-2H3. The van der Waals surface area contributed by atoms with Crippen LogP contribution in [0.15, 0.2) is 30.3 Å². The largest absolute Gasteiger partial charge is 0.465 e. The summed E-state index contributed by atoms with van der Waals surface area (Å²) in [4.78, 5) is 11.4. The second-order valence-corrected chi connectivity index (χ2v) is 4.25. The van der Waals surface area contributed by atoms with Crippen LogP contribution in [0, 0.1) is 5.82 Å². The van der Waals surface area contributed by atoms with Crippen molar-refractivity contribution in [1.82, 2.24) is 0 Å². The van der Waals surface area contributed by atoms with Crippen LogP contribution in [0.2, 0.25) is 0 Å². The van der Waals surface area contributed by atoms with E-state index in [1.807, 2.05) is 19.1 Å². The summed E-state index contributed by atoms with van der Waals surface area (Å²) in [5.41, 5.74) is 1.16. The van der Waals surface area contributed by atoms with Crippen molar-refractivity contribution in [3.8, 4) is 0 Å². The molecule has 0 aliphatic rings. The highest BCUT2D eigenvalue weighted by Crippen LogP contribution is 2.22. The summed E-state index contributed by atoms with van der Waals surface area (Å²) in [6.07, 6.45) is 1.63. The van der Waals surface area contributed by atoms with Gasteiger partial charge in [0.05, 0.1) is 12.7 Å². The molecule has 2 aromatic carbocycles. The number of rotatable bonds is 3. The molecule has 0 aliphatic carbocycles. The van der Waals surface area contributed by atoms with Crippen LogP contribution in [0.25, 0.3) is 10.8 Å². The molecule has 0 unspecified atom stereocenters. The molecular weight excluding hydrogens is 231 g/mol. The summed E-state index contributed by atoms with van der Waals surface area (Å²) in [5, 5.41) is 1.66. The second-order valence-electron chi connectivity index (χ2n) is 4.25. The zero-order valence-corrected chi connectivity index (χ0v) is 10.5. The Balaban J connectivity index is 2.52. The highest BCUT2D eigenvalue weighted by atomic mass is 19.1. The fourth-order valence-corrected chi connectivity index (χ4v) is 2.02. The Morgan fingerprint density at radius 2 is 2.00 bits per heavy atom. The van der Waals surface area contributed by atoms with Crippen molar-refractivity contribution in [2.45, 2.75) is 19.8 Å². The second kappa shape index (κ2) is 5.17. The van der Waals surface area contributed by atoms with Gasteiger partial charge >= 0.3 is 5.97 Å². The molecular formula is C15H15FO2. The lowest BCUT2D eigenvalue weighted by Gasteiger charge is -2.06. The Bertz CT molecular complexity index is 590. The molecule has 0 heterocycles. The van der Waals surface area contributed by atoms with Crippen LogP contribution in [0.1, 0.15) is 29.3 Å². The predicted octanol–water partition coefficient (Wildman–Crippen LogP) is 3.72. The lowest BCUT2D eigenvalue weighted by atomic mass is 10.0. The van der Waals surface area contributed by atoms with Crippen LogP contribution < -0.4 is 0 Å². The van der Waals surface area contributed by atoms with Crippen molar-refractivity contribution in [3.63, 3.8) is 0 Å². The van der Waals surface area contributed by atoms with Gasteiger partial charge in [-0.3, -0.25) is 0 Å². The van der Waals surface area contributed by atoms with Crippen LogP contribution in [0.4, 0.5) is 4.39 Å². The van der Waals surface area contributed by atoms with Crippen LogP contribution in [-0.4, -0.2) is 13.1 Å². The summed E-state index contributed by atoms with van der Waals surface area (Å²) >= 11 is 0. The topological polar surface area (TPSA) is 26.3 Å². The number of benzene rings is 2. The van der Waals surface area contributed by atoms with Gasteiger partial charge in [-0.05, 0) is 47.0 Å². The molecule has 0 amide bonds. The molecule has 2 nitrogen and oxygen atoms in total. The van der Waals surface area contributed by atoms with Gasteiger partial charge in [0, 0.05) is 0 Å². The molecule has 3 heteroatoms. The monoisotopic (exact) mass is 246 g/mol. The Morgan fingerprint density at radius 1 is 1.22 bits per heavy atom. The number of fused-ring (bicyclic) bond motifs is 1. The average molecular weight is 246 g/mol. The molecule has 0 atom stereocenters. The quantitative estimate of drug-likeness (QED) is 0.771. The molecule has 2 aromatic rings. The maximum absolute atomic E-state index is 13.8. The van der Waals surface area contributed by atoms with E-state index in [4.69, 9.17) is 0 Å². The van der Waals surface area contributed by atoms with E-state index in [-0.39, 0.29) is 5.82 Å². The Labute approximate surface area is 105 Å². The van der Waals surface area contributed by atoms with E-state index in [1.165, 1.54) is 13.2 Å². The lowest BCUT2D eigenvalue weighted by Crippen LogP contribution is -2.00. The fraction of sp³-hybridized carbons (Fsp3) is 0.267. The van der Waals surface area contributed by atoms with Gasteiger partial charge in [-0.15, -0.1) is 0 Å². The van der Waals surface area contributed by atoms with Crippen molar-refractivity contribution in [2.24, 2.45) is 0 Å². The van der Waals surface area contributed by atoms with Crippen LogP contribution in [0.3, 0.4) is 0 Å². The molecule has 0 aliphatic heterocycles. The number of methoxy groups -OCH3 is 1. The van der Waals surface area contributed by atoms with E-state index in [0.717, 1.165) is 29.2 Å². The number of halogens is 1. The number of aryl methyl sites for hydroxylation is 1. The number of carbonyl (C=O) groups excluding carboxylic acids is 1. The van der Waals surface area contributed by atoms with Crippen LogP contribution >= 0.6 is 0 Å². The average Bonchev–Trinajstić information content (AvgIpc) is 2.38. The van der Waals surface area contributed by atoms with Crippen molar-refractivity contribution >= 4 is 16.7 Å². The van der Waals surface area contributed by atoms with Gasteiger partial charge in [-0.1, -0.05) is 19.4 Å².